The predicted octanol–water partition coefficient (Wildman–Crippen LogP) is 1.16. The van der Waals surface area contributed by atoms with Gasteiger partial charge in [0.05, 0.1) is 6.04 Å². The van der Waals surface area contributed by atoms with Crippen LogP contribution in [0.15, 0.2) is 0 Å². The number of carbonyl (C=O) groups excluding carboxylic acids is 3. The third-order valence-electron chi connectivity index (χ3n) is 4.05. The number of nitrogens with one attached hydrogen (secondary N) is 2. The number of ether oxygens (including phenoxy) is 1. The third-order valence-corrected chi connectivity index (χ3v) is 4.05. The largest absolute Gasteiger partial charge is 0.444 e. The van der Waals surface area contributed by atoms with Crippen molar-refractivity contribution in [3.05, 3.63) is 0 Å². The third kappa shape index (κ3) is 5.99. The van der Waals surface area contributed by atoms with E-state index in [2.05, 4.69) is 10.6 Å². The first kappa shape index (κ1) is 20.2. The van der Waals surface area contributed by atoms with Gasteiger partial charge in [0.1, 0.15) is 5.60 Å². The fourth-order valence-electron chi connectivity index (χ4n) is 2.58. The normalized spacial score (nSPS) is 20.0. The zero-order valence-corrected chi connectivity index (χ0v) is 15.5. The van der Waals surface area contributed by atoms with Crippen LogP contribution < -0.4 is 10.6 Å². The Labute approximate surface area is 143 Å². The van der Waals surface area contributed by atoms with E-state index in [1.807, 2.05) is 25.7 Å². The molecule has 1 aliphatic rings. The van der Waals surface area contributed by atoms with E-state index in [0.717, 1.165) is 19.4 Å². The number of likely N-dealkylation sites (tertiary alicyclic amines) is 1. The zero-order valence-electron chi connectivity index (χ0n) is 15.5. The Morgan fingerprint density at radius 2 is 1.92 bits per heavy atom. The number of hydrogen-bond donors (Lipinski definition) is 2. The van der Waals surface area contributed by atoms with Crippen LogP contribution in [0.2, 0.25) is 0 Å². The van der Waals surface area contributed by atoms with E-state index >= 15 is 0 Å². The summed E-state index contributed by atoms with van der Waals surface area (Å²) in [7, 11) is 3.18. The molecule has 1 rings (SSSR count). The minimum absolute atomic E-state index is 0.0242. The molecule has 1 saturated heterocycles. The Hall–Kier alpha value is -1.83. The summed E-state index contributed by atoms with van der Waals surface area (Å²) < 4.78 is 5.40. The number of imide groups is 1. The highest BCUT2D eigenvalue weighted by Gasteiger charge is 2.32. The van der Waals surface area contributed by atoms with Gasteiger partial charge in [-0.2, -0.15) is 0 Å². The van der Waals surface area contributed by atoms with Crippen LogP contribution in [0.5, 0.6) is 0 Å². The van der Waals surface area contributed by atoms with Gasteiger partial charge in [-0.25, -0.2) is 9.59 Å². The first-order valence-corrected chi connectivity index (χ1v) is 8.27. The van der Waals surface area contributed by atoms with Crippen molar-refractivity contribution in [3.8, 4) is 0 Å². The second-order valence-corrected chi connectivity index (χ2v) is 7.13. The number of hydrogen-bond acceptors (Lipinski definition) is 5. The van der Waals surface area contributed by atoms with Crippen molar-refractivity contribution in [2.24, 2.45) is 0 Å². The maximum absolute atomic E-state index is 12.2. The van der Waals surface area contributed by atoms with Crippen LogP contribution in [0.25, 0.3) is 0 Å². The SMILES string of the molecule is CNC(=O)NC(=O)C(C)N1CCCC(N(C)C(=O)OC(C)(C)C)C1. The highest BCUT2D eigenvalue weighted by Crippen LogP contribution is 2.19. The molecule has 1 fully saturated rings. The van der Waals surface area contributed by atoms with E-state index in [-0.39, 0.29) is 18.0 Å². The van der Waals surface area contributed by atoms with E-state index in [1.54, 1.807) is 18.9 Å². The molecule has 0 spiro atoms. The minimum Gasteiger partial charge on any atom is -0.444 e. The maximum Gasteiger partial charge on any atom is 0.410 e. The summed E-state index contributed by atoms with van der Waals surface area (Å²) in [6.45, 7) is 8.57. The Bertz CT molecular complexity index is 475. The summed E-state index contributed by atoms with van der Waals surface area (Å²) in [6.07, 6.45) is 1.36. The van der Waals surface area contributed by atoms with Crippen molar-refractivity contribution >= 4 is 18.0 Å². The topological polar surface area (TPSA) is 91.0 Å². The van der Waals surface area contributed by atoms with Crippen LogP contribution in [-0.2, 0) is 9.53 Å². The molecule has 4 amide bonds. The molecule has 1 aliphatic heterocycles. The molecule has 0 aliphatic carbocycles. The lowest BCUT2D eigenvalue weighted by molar-refractivity contribution is -0.125. The van der Waals surface area contributed by atoms with E-state index < -0.39 is 17.7 Å². The van der Waals surface area contributed by atoms with Crippen molar-refractivity contribution in [2.75, 3.05) is 27.2 Å². The van der Waals surface area contributed by atoms with Gasteiger partial charge in [0, 0.05) is 26.7 Å². The van der Waals surface area contributed by atoms with Gasteiger partial charge in [-0.15, -0.1) is 0 Å². The number of nitrogens with zero attached hydrogens (tertiary/aromatic N) is 2. The lowest BCUT2D eigenvalue weighted by Gasteiger charge is -2.40. The summed E-state index contributed by atoms with van der Waals surface area (Å²) in [5.41, 5.74) is -0.541. The molecule has 24 heavy (non-hydrogen) atoms. The van der Waals surface area contributed by atoms with Crippen LogP contribution in [-0.4, -0.2) is 72.7 Å². The number of rotatable bonds is 3. The fraction of sp³-hybridized carbons (Fsp3) is 0.812. The Morgan fingerprint density at radius 1 is 1.29 bits per heavy atom. The second kappa shape index (κ2) is 8.32. The summed E-state index contributed by atoms with van der Waals surface area (Å²) in [6, 6.07) is -0.993. The monoisotopic (exact) mass is 342 g/mol. The lowest BCUT2D eigenvalue weighted by Crippen LogP contribution is -2.56. The molecule has 0 radical (unpaired) electrons. The first-order chi connectivity index (χ1) is 11.0. The minimum atomic E-state index is -0.541. The summed E-state index contributed by atoms with van der Waals surface area (Å²) >= 11 is 0. The first-order valence-electron chi connectivity index (χ1n) is 8.27. The van der Waals surface area contributed by atoms with Gasteiger partial charge in [0.25, 0.3) is 0 Å². The number of urea groups is 1. The molecule has 0 saturated carbocycles. The van der Waals surface area contributed by atoms with Crippen LogP contribution in [0, 0.1) is 0 Å². The van der Waals surface area contributed by atoms with Crippen molar-refractivity contribution in [2.45, 2.75) is 58.2 Å². The zero-order chi connectivity index (χ0) is 18.5. The molecule has 2 atom stereocenters. The molecule has 1 heterocycles. The molecule has 0 aromatic rings. The van der Waals surface area contributed by atoms with E-state index in [0.29, 0.717) is 6.54 Å². The van der Waals surface area contributed by atoms with Gasteiger partial charge in [0.15, 0.2) is 0 Å². The Kier molecular flexibility index (Phi) is 7.01. The Balaban J connectivity index is 2.64. The highest BCUT2D eigenvalue weighted by atomic mass is 16.6. The molecule has 0 aromatic heterocycles. The molecule has 8 heteroatoms. The number of carbonyl (C=O) groups is 3. The van der Waals surface area contributed by atoms with E-state index in [1.165, 1.54) is 7.05 Å². The lowest BCUT2D eigenvalue weighted by atomic mass is 10.0. The summed E-state index contributed by atoms with van der Waals surface area (Å²) in [4.78, 5) is 39.1. The van der Waals surface area contributed by atoms with Crippen molar-refractivity contribution in [1.82, 2.24) is 20.4 Å². The molecule has 2 N–H and O–H groups in total. The average Bonchev–Trinajstić information content (AvgIpc) is 2.51. The Morgan fingerprint density at radius 3 is 2.46 bits per heavy atom. The summed E-state index contributed by atoms with van der Waals surface area (Å²) in [5.74, 6) is -0.352. The molecule has 2 unspecified atom stereocenters. The quantitative estimate of drug-likeness (QED) is 0.803. The van der Waals surface area contributed by atoms with Gasteiger partial charge < -0.3 is 15.0 Å². The fourth-order valence-corrected chi connectivity index (χ4v) is 2.58. The van der Waals surface area contributed by atoms with Gasteiger partial charge in [-0.3, -0.25) is 15.0 Å². The number of amides is 4. The van der Waals surface area contributed by atoms with Crippen LogP contribution in [0.4, 0.5) is 9.59 Å². The highest BCUT2D eigenvalue weighted by molar-refractivity contribution is 5.96. The van der Waals surface area contributed by atoms with Gasteiger partial charge in [-0.1, -0.05) is 0 Å². The molecule has 0 bridgehead atoms. The van der Waals surface area contributed by atoms with Crippen molar-refractivity contribution in [3.63, 3.8) is 0 Å². The number of likely N-dealkylation sites (N-methyl/N-ethyl adjacent to an activating group) is 1. The van der Waals surface area contributed by atoms with E-state index in [4.69, 9.17) is 4.74 Å². The van der Waals surface area contributed by atoms with Gasteiger partial charge >= 0.3 is 12.1 Å². The van der Waals surface area contributed by atoms with Crippen LogP contribution in [0.1, 0.15) is 40.5 Å². The summed E-state index contributed by atoms with van der Waals surface area (Å²) in [5, 5.41) is 4.65. The standard InChI is InChI=1S/C16H30N4O4/c1-11(13(21)18-14(22)17-5)20-9-7-8-12(10-20)19(6)15(23)24-16(2,3)4/h11-12H,7-10H2,1-6H3,(H2,17,18,21,22). The molecule has 0 aromatic carbocycles. The molecular formula is C16H30N4O4. The smallest absolute Gasteiger partial charge is 0.410 e. The van der Waals surface area contributed by atoms with E-state index in [9.17, 15) is 14.4 Å². The molecule has 8 nitrogen and oxygen atoms in total. The molecular weight excluding hydrogens is 312 g/mol. The predicted molar refractivity (Wildman–Crippen MR) is 90.7 cm³/mol. The number of piperidine rings is 1. The van der Waals surface area contributed by atoms with Crippen molar-refractivity contribution < 1.29 is 19.1 Å². The average molecular weight is 342 g/mol. The molecule has 138 valence electrons. The van der Waals surface area contributed by atoms with Crippen LogP contribution in [0.3, 0.4) is 0 Å². The maximum atomic E-state index is 12.2. The second-order valence-electron chi connectivity index (χ2n) is 7.13. The van der Waals surface area contributed by atoms with Crippen LogP contribution >= 0.6 is 0 Å². The van der Waals surface area contributed by atoms with Gasteiger partial charge in [0.2, 0.25) is 5.91 Å². The van der Waals surface area contributed by atoms with Gasteiger partial charge in [-0.05, 0) is 47.1 Å². The van der Waals surface area contributed by atoms with Crippen molar-refractivity contribution in [1.29, 1.82) is 0 Å².